The average molecular weight is 262 g/mol. The van der Waals surface area contributed by atoms with E-state index in [0.29, 0.717) is 12.5 Å². The summed E-state index contributed by atoms with van der Waals surface area (Å²) in [5.41, 5.74) is 0.847. The number of ether oxygens (including phenoxy) is 1. The predicted molar refractivity (Wildman–Crippen MR) is 72.1 cm³/mol. The summed E-state index contributed by atoms with van der Waals surface area (Å²) in [6.45, 7) is 5.26. The van der Waals surface area contributed by atoms with Gasteiger partial charge in [0.1, 0.15) is 5.75 Å². The number of carbonyl (C=O) groups is 2. The summed E-state index contributed by atoms with van der Waals surface area (Å²) in [4.78, 5) is 24.4. The van der Waals surface area contributed by atoms with Crippen LogP contribution < -0.4 is 15.0 Å². The molecule has 5 heteroatoms. The van der Waals surface area contributed by atoms with Crippen LogP contribution in [0.15, 0.2) is 24.3 Å². The summed E-state index contributed by atoms with van der Waals surface area (Å²) in [5, 5.41) is 2.28. The van der Waals surface area contributed by atoms with E-state index in [1.807, 2.05) is 24.3 Å². The molecule has 1 aliphatic rings. The maximum atomic E-state index is 11.3. The van der Waals surface area contributed by atoms with Crippen LogP contribution in [0, 0.1) is 5.92 Å². The minimum absolute atomic E-state index is 0.206. The van der Waals surface area contributed by atoms with Crippen LogP contribution in [0.3, 0.4) is 0 Å². The molecule has 1 heterocycles. The van der Waals surface area contributed by atoms with Crippen molar-refractivity contribution < 1.29 is 14.3 Å². The van der Waals surface area contributed by atoms with Gasteiger partial charge in [0.25, 0.3) is 0 Å². The standard InChI is InChI=1S/C14H18N2O3/c1-10(2)9-19-12-5-3-11(4-6-12)16-7-13(17)15-14(18)8-16/h3-6,10H,7-9H2,1-2H3,(H,15,17,18). The Labute approximate surface area is 112 Å². The molecule has 1 aromatic rings. The average Bonchev–Trinajstić information content (AvgIpc) is 2.36. The molecule has 1 aliphatic heterocycles. The highest BCUT2D eigenvalue weighted by Crippen LogP contribution is 2.20. The van der Waals surface area contributed by atoms with E-state index in [4.69, 9.17) is 4.74 Å². The maximum Gasteiger partial charge on any atom is 0.246 e. The van der Waals surface area contributed by atoms with E-state index in [2.05, 4.69) is 19.2 Å². The Hall–Kier alpha value is -2.04. The number of benzene rings is 1. The minimum Gasteiger partial charge on any atom is -0.493 e. The van der Waals surface area contributed by atoms with Crippen LogP contribution in [0.1, 0.15) is 13.8 Å². The van der Waals surface area contributed by atoms with Crippen molar-refractivity contribution in [2.24, 2.45) is 5.92 Å². The number of hydrogen-bond donors (Lipinski definition) is 1. The fourth-order valence-electron chi connectivity index (χ4n) is 1.84. The van der Waals surface area contributed by atoms with Gasteiger partial charge in [-0.2, -0.15) is 0 Å². The van der Waals surface area contributed by atoms with Gasteiger partial charge in [0.05, 0.1) is 19.7 Å². The first-order chi connectivity index (χ1) is 9.04. The number of carbonyl (C=O) groups excluding carboxylic acids is 2. The van der Waals surface area contributed by atoms with Crippen LogP contribution in [-0.2, 0) is 9.59 Å². The summed E-state index contributed by atoms with van der Waals surface area (Å²) in [6.07, 6.45) is 0. The molecule has 102 valence electrons. The van der Waals surface area contributed by atoms with Gasteiger partial charge >= 0.3 is 0 Å². The SMILES string of the molecule is CC(C)COc1ccc(N2CC(=O)NC(=O)C2)cc1. The molecule has 0 radical (unpaired) electrons. The summed E-state index contributed by atoms with van der Waals surface area (Å²) in [5.74, 6) is 0.737. The predicted octanol–water partition coefficient (Wildman–Crippen LogP) is 1.18. The third kappa shape index (κ3) is 3.71. The highest BCUT2D eigenvalue weighted by molar-refractivity contribution is 6.02. The Morgan fingerprint density at radius 2 is 1.74 bits per heavy atom. The van der Waals surface area contributed by atoms with Crippen LogP contribution >= 0.6 is 0 Å². The van der Waals surface area contributed by atoms with E-state index in [9.17, 15) is 9.59 Å². The van der Waals surface area contributed by atoms with E-state index in [1.54, 1.807) is 4.90 Å². The van der Waals surface area contributed by atoms with E-state index < -0.39 is 0 Å². The van der Waals surface area contributed by atoms with Crippen LogP contribution in [0.4, 0.5) is 5.69 Å². The lowest BCUT2D eigenvalue weighted by Gasteiger charge is -2.27. The van der Waals surface area contributed by atoms with Crippen LogP contribution in [0.2, 0.25) is 0 Å². The Morgan fingerprint density at radius 3 is 2.26 bits per heavy atom. The van der Waals surface area contributed by atoms with Gasteiger partial charge in [0.2, 0.25) is 11.8 Å². The highest BCUT2D eigenvalue weighted by atomic mass is 16.5. The quantitative estimate of drug-likeness (QED) is 0.828. The molecule has 1 saturated heterocycles. The van der Waals surface area contributed by atoms with E-state index in [0.717, 1.165) is 11.4 Å². The molecule has 0 atom stereocenters. The van der Waals surface area contributed by atoms with Crippen LogP contribution in [0.25, 0.3) is 0 Å². The zero-order valence-corrected chi connectivity index (χ0v) is 11.2. The Morgan fingerprint density at radius 1 is 1.16 bits per heavy atom. The zero-order valence-electron chi connectivity index (χ0n) is 11.2. The van der Waals surface area contributed by atoms with Gasteiger partial charge in [-0.15, -0.1) is 0 Å². The summed E-state index contributed by atoms with van der Waals surface area (Å²) >= 11 is 0. The normalized spacial score (nSPS) is 15.6. The monoisotopic (exact) mass is 262 g/mol. The molecule has 0 spiro atoms. The van der Waals surface area contributed by atoms with Crippen molar-refractivity contribution in [2.45, 2.75) is 13.8 Å². The van der Waals surface area contributed by atoms with Gasteiger partial charge in [-0.05, 0) is 30.2 Å². The minimum atomic E-state index is -0.267. The summed E-state index contributed by atoms with van der Waals surface area (Å²) in [6, 6.07) is 7.44. The van der Waals surface area contributed by atoms with E-state index in [1.165, 1.54) is 0 Å². The van der Waals surface area contributed by atoms with Gasteiger partial charge in [-0.3, -0.25) is 14.9 Å². The lowest BCUT2D eigenvalue weighted by molar-refractivity contribution is -0.130. The third-order valence-corrected chi connectivity index (χ3v) is 2.73. The van der Waals surface area contributed by atoms with E-state index in [-0.39, 0.29) is 24.9 Å². The number of imide groups is 1. The number of nitrogens with one attached hydrogen (secondary N) is 1. The van der Waals surface area contributed by atoms with Crippen molar-refractivity contribution in [3.63, 3.8) is 0 Å². The molecule has 2 rings (SSSR count). The fourth-order valence-corrected chi connectivity index (χ4v) is 1.84. The first-order valence-electron chi connectivity index (χ1n) is 6.35. The molecule has 1 N–H and O–H groups in total. The Balaban J connectivity index is 2.01. The number of amides is 2. The molecule has 0 bridgehead atoms. The fraction of sp³-hybridized carbons (Fsp3) is 0.429. The maximum absolute atomic E-state index is 11.3. The molecule has 0 aliphatic carbocycles. The van der Waals surface area contributed by atoms with Crippen molar-refractivity contribution in [1.82, 2.24) is 5.32 Å². The van der Waals surface area contributed by atoms with Crippen LogP contribution in [-0.4, -0.2) is 31.5 Å². The zero-order chi connectivity index (χ0) is 13.8. The summed E-state index contributed by atoms with van der Waals surface area (Å²) in [7, 11) is 0. The molecule has 0 saturated carbocycles. The number of hydrogen-bond acceptors (Lipinski definition) is 4. The molecular formula is C14H18N2O3. The molecule has 1 fully saturated rings. The highest BCUT2D eigenvalue weighted by Gasteiger charge is 2.22. The lowest BCUT2D eigenvalue weighted by atomic mass is 10.2. The van der Waals surface area contributed by atoms with Gasteiger partial charge < -0.3 is 9.64 Å². The Bertz CT molecular complexity index is 452. The molecule has 0 aromatic heterocycles. The molecule has 5 nitrogen and oxygen atoms in total. The van der Waals surface area contributed by atoms with Crippen molar-refractivity contribution in [3.8, 4) is 5.75 Å². The number of nitrogens with zero attached hydrogens (tertiary/aromatic N) is 1. The molecule has 1 aromatic carbocycles. The van der Waals surface area contributed by atoms with Gasteiger partial charge in [0, 0.05) is 5.69 Å². The smallest absolute Gasteiger partial charge is 0.246 e. The van der Waals surface area contributed by atoms with Crippen molar-refractivity contribution in [3.05, 3.63) is 24.3 Å². The molecule has 19 heavy (non-hydrogen) atoms. The van der Waals surface area contributed by atoms with E-state index >= 15 is 0 Å². The second-order valence-electron chi connectivity index (χ2n) is 5.03. The lowest BCUT2D eigenvalue weighted by Crippen LogP contribution is -2.51. The third-order valence-electron chi connectivity index (χ3n) is 2.73. The second kappa shape index (κ2) is 5.73. The molecular weight excluding hydrogens is 244 g/mol. The van der Waals surface area contributed by atoms with Crippen molar-refractivity contribution in [2.75, 3.05) is 24.6 Å². The van der Waals surface area contributed by atoms with Crippen molar-refractivity contribution >= 4 is 17.5 Å². The number of piperazine rings is 1. The summed E-state index contributed by atoms with van der Waals surface area (Å²) < 4.78 is 5.59. The topological polar surface area (TPSA) is 58.6 Å². The molecule has 2 amide bonds. The van der Waals surface area contributed by atoms with Gasteiger partial charge in [-0.1, -0.05) is 13.8 Å². The van der Waals surface area contributed by atoms with Crippen LogP contribution in [0.5, 0.6) is 5.75 Å². The second-order valence-corrected chi connectivity index (χ2v) is 5.03. The first kappa shape index (κ1) is 13.4. The van der Waals surface area contributed by atoms with Gasteiger partial charge in [-0.25, -0.2) is 0 Å². The largest absolute Gasteiger partial charge is 0.493 e. The number of rotatable bonds is 4. The Kier molecular flexibility index (Phi) is 4.04. The van der Waals surface area contributed by atoms with Crippen molar-refractivity contribution in [1.29, 1.82) is 0 Å². The molecule has 0 unspecified atom stereocenters. The number of anilines is 1. The van der Waals surface area contributed by atoms with Gasteiger partial charge in [0.15, 0.2) is 0 Å². The first-order valence-corrected chi connectivity index (χ1v) is 6.35.